The van der Waals surface area contributed by atoms with E-state index in [-0.39, 0.29) is 31.4 Å². The molecule has 0 atom stereocenters. The monoisotopic (exact) mass is 527 g/mol. The van der Waals surface area contributed by atoms with Crippen LogP contribution in [0, 0.1) is 25.2 Å². The molecule has 0 saturated heterocycles. The van der Waals surface area contributed by atoms with Gasteiger partial charge in [-0.05, 0) is 42.3 Å². The van der Waals surface area contributed by atoms with Crippen molar-refractivity contribution >= 4 is 50.7 Å². The predicted molar refractivity (Wildman–Crippen MR) is 135 cm³/mol. The zero-order valence-electron chi connectivity index (χ0n) is 19.6. The summed E-state index contributed by atoms with van der Waals surface area (Å²) < 4.78 is 25.5. The molecule has 0 unspecified atom stereocenters. The van der Waals surface area contributed by atoms with Gasteiger partial charge in [0.15, 0.2) is 5.75 Å². The van der Waals surface area contributed by atoms with Crippen molar-refractivity contribution < 1.29 is 36.8 Å². The topological polar surface area (TPSA) is 92.4 Å². The molecule has 2 aromatic carbocycles. The summed E-state index contributed by atoms with van der Waals surface area (Å²) in [4.78, 5) is 13.1. The third-order valence-corrected chi connectivity index (χ3v) is 5.23. The minimum atomic E-state index is -1.86. The maximum Gasteiger partial charge on any atom is 1.00 e. The number of hydrogen-bond acceptors (Lipinski definition) is 6. The Kier molecular flexibility index (Phi) is 13.2. The van der Waals surface area contributed by atoms with Gasteiger partial charge in [0.05, 0.1) is 27.9 Å². The SMILES string of the molecule is C[S-](=O)=O.[CH2-]CN(CCc1ccc2c(ccn2-c2cc(Cl)c(OCCCl)c(C#N)c2)c1)C([CH2-])=O.[Li+]. The third-order valence-electron chi connectivity index (χ3n) is 4.80. The molecule has 3 rings (SSSR count). The van der Waals surface area contributed by atoms with Gasteiger partial charge < -0.3 is 41.3 Å². The number of nitriles is 1. The number of carbonyl (C=O) groups is 1. The summed E-state index contributed by atoms with van der Waals surface area (Å²) >= 11 is 12.1. The zero-order chi connectivity index (χ0) is 25.3. The van der Waals surface area contributed by atoms with E-state index in [1.54, 1.807) is 17.0 Å². The number of ether oxygens (including phenoxy) is 1. The van der Waals surface area contributed by atoms with Gasteiger partial charge in [-0.25, -0.2) is 0 Å². The van der Waals surface area contributed by atoms with E-state index in [9.17, 15) is 10.1 Å². The number of benzene rings is 2. The third kappa shape index (κ3) is 8.72. The first kappa shape index (κ1) is 30.8. The largest absolute Gasteiger partial charge is 1.00 e. The maximum absolute atomic E-state index is 11.5. The number of rotatable bonds is 8. The zero-order valence-corrected chi connectivity index (χ0v) is 22.0. The fourth-order valence-corrected chi connectivity index (χ4v) is 3.63. The van der Waals surface area contributed by atoms with Gasteiger partial charge >= 0.3 is 18.9 Å². The normalized spacial score (nSPS) is 10.2. The number of aromatic nitrogens is 1. The Hall–Kier alpha value is -2.26. The standard InChI is InChI=1S/C23H21Cl2N3O2.CH3O2S.Li/c1-3-27(16(2)29)9-6-17-4-5-22-18(12-17)7-10-28(22)20-13-19(15-26)23(21(25)14-20)30-11-8-24;1-4(2)3;/h4-5,7,10,12-14H,1-3,6,8-9,11H2;1H3;/q-2;-1;+1. The Morgan fingerprint density at radius 1 is 1.26 bits per heavy atom. The summed E-state index contributed by atoms with van der Waals surface area (Å²) in [6, 6.07) is 13.8. The minimum Gasteiger partial charge on any atom is -0.489 e. The van der Waals surface area contributed by atoms with Crippen molar-refractivity contribution in [1.29, 1.82) is 5.26 Å². The molecule has 0 spiro atoms. The first-order valence-corrected chi connectivity index (χ1v) is 12.5. The van der Waals surface area contributed by atoms with Crippen LogP contribution in [0.5, 0.6) is 5.75 Å². The van der Waals surface area contributed by atoms with Crippen LogP contribution >= 0.6 is 23.2 Å². The van der Waals surface area contributed by atoms with E-state index in [0.29, 0.717) is 35.3 Å². The Labute approximate surface area is 229 Å². The number of nitrogens with zero attached hydrogens (tertiary/aromatic N) is 3. The van der Waals surface area contributed by atoms with E-state index in [0.717, 1.165) is 34.8 Å². The minimum absolute atomic E-state index is 0. The van der Waals surface area contributed by atoms with E-state index >= 15 is 0 Å². The van der Waals surface area contributed by atoms with Crippen LogP contribution < -0.4 is 23.6 Å². The molecule has 1 heterocycles. The molecule has 0 bridgehead atoms. The molecule has 1 amide bonds. The van der Waals surface area contributed by atoms with Crippen LogP contribution in [0.3, 0.4) is 0 Å². The van der Waals surface area contributed by atoms with Gasteiger partial charge in [-0.3, -0.25) is 0 Å². The van der Waals surface area contributed by atoms with Gasteiger partial charge in [-0.2, -0.15) is 5.26 Å². The molecular formula is C24H24Cl2LiN3O4S-2. The van der Waals surface area contributed by atoms with Crippen LogP contribution in [0.25, 0.3) is 16.6 Å². The van der Waals surface area contributed by atoms with Crippen LogP contribution in [0.2, 0.25) is 5.02 Å². The van der Waals surface area contributed by atoms with Crippen LogP contribution in [-0.4, -0.2) is 47.2 Å². The summed E-state index contributed by atoms with van der Waals surface area (Å²) in [5.41, 5.74) is 3.21. The number of hydrogen-bond donors (Lipinski definition) is 0. The number of alkyl halides is 1. The molecule has 7 nitrogen and oxygen atoms in total. The van der Waals surface area contributed by atoms with Crippen molar-refractivity contribution in [2.45, 2.75) is 6.42 Å². The Balaban J connectivity index is 0.00000114. The molecule has 0 radical (unpaired) electrons. The van der Waals surface area contributed by atoms with E-state index in [1.807, 2.05) is 29.0 Å². The molecule has 182 valence electrons. The van der Waals surface area contributed by atoms with Gasteiger partial charge in [-0.1, -0.05) is 34.6 Å². The molecule has 35 heavy (non-hydrogen) atoms. The second-order valence-electron chi connectivity index (χ2n) is 7.06. The smallest absolute Gasteiger partial charge is 0.489 e. The maximum atomic E-state index is 11.5. The summed E-state index contributed by atoms with van der Waals surface area (Å²) in [5, 5.41) is 10.9. The van der Waals surface area contributed by atoms with E-state index in [1.165, 1.54) is 0 Å². The van der Waals surface area contributed by atoms with E-state index in [4.69, 9.17) is 36.4 Å². The van der Waals surface area contributed by atoms with Crippen LogP contribution in [0.4, 0.5) is 0 Å². The van der Waals surface area contributed by atoms with Crippen LogP contribution in [0.15, 0.2) is 42.6 Å². The van der Waals surface area contributed by atoms with Gasteiger partial charge in [0.25, 0.3) is 0 Å². The van der Waals surface area contributed by atoms with Gasteiger partial charge in [0.1, 0.15) is 12.7 Å². The summed E-state index contributed by atoms with van der Waals surface area (Å²) in [6.07, 6.45) is 3.73. The quantitative estimate of drug-likeness (QED) is 0.192. The predicted octanol–water partition coefficient (Wildman–Crippen LogP) is 1.74. The molecule has 0 aliphatic carbocycles. The fraction of sp³-hybridized carbons (Fsp3) is 0.250. The number of amides is 1. The van der Waals surface area contributed by atoms with Gasteiger partial charge in [0.2, 0.25) is 0 Å². The molecule has 0 N–H and O–H groups in total. The summed E-state index contributed by atoms with van der Waals surface area (Å²) in [7, 11) is -1.86. The molecule has 3 aromatic rings. The van der Waals surface area contributed by atoms with Crippen molar-refractivity contribution in [2.24, 2.45) is 0 Å². The Morgan fingerprint density at radius 2 is 1.94 bits per heavy atom. The average Bonchev–Trinajstić information content (AvgIpc) is 3.21. The van der Waals surface area contributed by atoms with Crippen LogP contribution in [0.1, 0.15) is 11.1 Å². The van der Waals surface area contributed by atoms with E-state index in [2.05, 4.69) is 26.0 Å². The van der Waals surface area contributed by atoms with E-state index < -0.39 is 10.7 Å². The molecule has 0 saturated carbocycles. The molecule has 11 heteroatoms. The van der Waals surface area contributed by atoms with Crippen molar-refractivity contribution in [2.75, 3.05) is 31.8 Å². The second-order valence-corrected chi connectivity index (χ2v) is 8.65. The first-order valence-electron chi connectivity index (χ1n) is 10.2. The first-order chi connectivity index (χ1) is 16.2. The van der Waals surface area contributed by atoms with Crippen LogP contribution in [-0.2, 0) is 30.3 Å². The average molecular weight is 528 g/mol. The summed E-state index contributed by atoms with van der Waals surface area (Å²) in [5.74, 6) is 0.432. The molecule has 0 aliphatic rings. The Bertz CT molecular complexity index is 1260. The van der Waals surface area contributed by atoms with Crippen molar-refractivity contribution in [3.63, 3.8) is 0 Å². The molecule has 0 aliphatic heterocycles. The molecule has 1 aromatic heterocycles. The van der Waals surface area contributed by atoms with Gasteiger partial charge in [-0.15, -0.1) is 18.1 Å². The Morgan fingerprint density at radius 3 is 2.51 bits per heavy atom. The number of halogens is 2. The fourth-order valence-electron chi connectivity index (χ4n) is 3.29. The second kappa shape index (κ2) is 15.0. The molecular weight excluding hydrogens is 504 g/mol. The van der Waals surface area contributed by atoms with Crippen molar-refractivity contribution in [3.8, 4) is 17.5 Å². The molecule has 0 fully saturated rings. The number of fused-ring (bicyclic) bond motifs is 1. The van der Waals surface area contributed by atoms with Gasteiger partial charge in [0, 0.05) is 23.8 Å². The van der Waals surface area contributed by atoms with Crippen molar-refractivity contribution in [3.05, 3.63) is 72.6 Å². The van der Waals surface area contributed by atoms with Crippen molar-refractivity contribution in [1.82, 2.24) is 9.47 Å². The summed E-state index contributed by atoms with van der Waals surface area (Å²) in [6.45, 7) is 8.45. The number of carbonyl (C=O) groups excluding carboxylic acids is 1.